The molecule has 1 saturated carbocycles. The minimum Gasteiger partial charge on any atom is -0.491 e. The second kappa shape index (κ2) is 10.8. The molecule has 8 nitrogen and oxygen atoms in total. The van der Waals surface area contributed by atoms with Crippen molar-refractivity contribution >= 4 is 45.6 Å². The quantitative estimate of drug-likeness (QED) is 0.370. The number of nitrogens with one attached hydrogen (secondary N) is 2. The van der Waals surface area contributed by atoms with Crippen LogP contribution in [0.1, 0.15) is 12.8 Å². The van der Waals surface area contributed by atoms with Gasteiger partial charge in [0.25, 0.3) is 0 Å². The highest BCUT2D eigenvalue weighted by atomic mass is 35.5. The Bertz CT molecular complexity index is 1370. The van der Waals surface area contributed by atoms with Crippen LogP contribution in [0.2, 0.25) is 5.02 Å². The number of ether oxygens (including phenoxy) is 2. The SMILES string of the molecule is O=C(/C=C/CN1CC2CC2C1)Nc1cc2c(Nc3ccc(F)c(Cl)c3)ncnc2cc1OCC1CCOC1. The van der Waals surface area contributed by atoms with Crippen LogP contribution in [0.25, 0.3) is 10.9 Å². The largest absolute Gasteiger partial charge is 0.491 e. The first-order valence-corrected chi connectivity index (χ1v) is 13.3. The highest BCUT2D eigenvalue weighted by molar-refractivity contribution is 6.31. The van der Waals surface area contributed by atoms with E-state index in [9.17, 15) is 9.18 Å². The lowest BCUT2D eigenvalue weighted by molar-refractivity contribution is -0.111. The lowest BCUT2D eigenvalue weighted by atomic mass is 10.1. The first kappa shape index (κ1) is 25.0. The number of hydrogen-bond donors (Lipinski definition) is 2. The maximum atomic E-state index is 13.6. The van der Waals surface area contributed by atoms with Crippen LogP contribution in [0.5, 0.6) is 5.75 Å². The van der Waals surface area contributed by atoms with Crippen LogP contribution in [0.4, 0.5) is 21.6 Å². The molecule has 2 aromatic carbocycles. The van der Waals surface area contributed by atoms with Gasteiger partial charge < -0.3 is 20.1 Å². The second-order valence-electron chi connectivity index (χ2n) is 10.2. The van der Waals surface area contributed by atoms with Crippen LogP contribution >= 0.6 is 11.6 Å². The highest BCUT2D eigenvalue weighted by Crippen LogP contribution is 2.44. The Morgan fingerprint density at radius 2 is 2.11 bits per heavy atom. The van der Waals surface area contributed by atoms with Crippen LogP contribution in [0, 0.1) is 23.6 Å². The normalized spacial score (nSPS) is 22.6. The molecule has 2 saturated heterocycles. The zero-order chi connectivity index (χ0) is 26.1. The van der Waals surface area contributed by atoms with Gasteiger partial charge in [0.05, 0.1) is 29.4 Å². The van der Waals surface area contributed by atoms with Crippen LogP contribution in [-0.2, 0) is 9.53 Å². The summed E-state index contributed by atoms with van der Waals surface area (Å²) in [5.74, 6) is 2.30. The number of nitrogens with zero attached hydrogens (tertiary/aromatic N) is 3. The van der Waals surface area contributed by atoms with E-state index in [0.29, 0.717) is 53.0 Å². The summed E-state index contributed by atoms with van der Waals surface area (Å²) < 4.78 is 25.3. The van der Waals surface area contributed by atoms with Crippen molar-refractivity contribution in [3.8, 4) is 5.75 Å². The first-order valence-electron chi connectivity index (χ1n) is 12.9. The molecule has 1 aromatic heterocycles. The molecule has 0 radical (unpaired) electrons. The lowest BCUT2D eigenvalue weighted by Crippen LogP contribution is -2.23. The van der Waals surface area contributed by atoms with E-state index in [1.54, 1.807) is 24.3 Å². The molecular formula is C28H29ClFN5O3. The molecule has 3 fully saturated rings. The summed E-state index contributed by atoms with van der Waals surface area (Å²) in [6.45, 7) is 4.89. The number of fused-ring (bicyclic) bond motifs is 2. The molecule has 3 unspecified atom stereocenters. The predicted octanol–water partition coefficient (Wildman–Crippen LogP) is 5.03. The third-order valence-corrected chi connectivity index (χ3v) is 7.65. The van der Waals surface area contributed by atoms with Gasteiger partial charge in [0.15, 0.2) is 0 Å². The van der Waals surface area contributed by atoms with Crippen molar-refractivity contribution in [1.29, 1.82) is 0 Å². The third kappa shape index (κ3) is 5.75. The number of amides is 1. The van der Waals surface area contributed by atoms with Crippen molar-refractivity contribution in [2.75, 3.05) is 50.1 Å². The number of likely N-dealkylation sites (tertiary alicyclic amines) is 1. The van der Waals surface area contributed by atoms with Gasteiger partial charge in [-0.1, -0.05) is 17.7 Å². The molecule has 3 aliphatic rings. The van der Waals surface area contributed by atoms with E-state index in [1.807, 2.05) is 6.08 Å². The standard InChI is InChI=1S/C28H29ClFN5O3/c29-22-9-20(3-4-23(22)30)33-28-21-10-25(34-27(36)2-1-6-35-12-18-8-19(18)13-35)26(11-24(21)31-16-32-28)38-15-17-5-7-37-14-17/h1-4,9-11,16-19H,5-8,12-15H2,(H,34,36)(H,31,32,33)/b2-1+. The number of rotatable bonds is 9. The van der Waals surface area contributed by atoms with Gasteiger partial charge in [-0.2, -0.15) is 0 Å². The summed E-state index contributed by atoms with van der Waals surface area (Å²) in [6, 6.07) is 7.95. The molecule has 198 valence electrons. The molecule has 3 aromatic rings. The van der Waals surface area contributed by atoms with Crippen molar-refractivity contribution in [2.24, 2.45) is 17.8 Å². The monoisotopic (exact) mass is 537 g/mol. The number of piperidine rings is 1. The van der Waals surface area contributed by atoms with Gasteiger partial charge in [0.2, 0.25) is 5.91 Å². The van der Waals surface area contributed by atoms with Gasteiger partial charge in [-0.25, -0.2) is 14.4 Å². The van der Waals surface area contributed by atoms with Gasteiger partial charge in [-0.15, -0.1) is 0 Å². The van der Waals surface area contributed by atoms with Gasteiger partial charge in [0, 0.05) is 55.4 Å². The van der Waals surface area contributed by atoms with Gasteiger partial charge in [-0.05, 0) is 48.9 Å². The van der Waals surface area contributed by atoms with Gasteiger partial charge in [-0.3, -0.25) is 9.69 Å². The Labute approximate surface area is 225 Å². The summed E-state index contributed by atoms with van der Waals surface area (Å²) >= 11 is 5.95. The molecule has 1 amide bonds. The molecule has 2 N–H and O–H groups in total. The Morgan fingerprint density at radius 1 is 1.24 bits per heavy atom. The number of benzene rings is 2. The van der Waals surface area contributed by atoms with E-state index in [0.717, 1.165) is 44.5 Å². The number of halogens is 2. The second-order valence-corrected chi connectivity index (χ2v) is 10.7. The van der Waals surface area contributed by atoms with Gasteiger partial charge in [0.1, 0.15) is 23.7 Å². The minimum atomic E-state index is -0.501. The average Bonchev–Trinajstić information content (AvgIpc) is 3.26. The van der Waals surface area contributed by atoms with E-state index < -0.39 is 5.82 Å². The number of carbonyl (C=O) groups excluding carboxylic acids is 1. The summed E-state index contributed by atoms with van der Waals surface area (Å²) in [5, 5.41) is 6.82. The lowest BCUT2D eigenvalue weighted by Gasteiger charge is -2.17. The maximum Gasteiger partial charge on any atom is 0.248 e. The fourth-order valence-corrected chi connectivity index (χ4v) is 5.34. The van der Waals surface area contributed by atoms with Crippen molar-refractivity contribution in [3.05, 3.63) is 59.7 Å². The van der Waals surface area contributed by atoms with Crippen LogP contribution in [0.3, 0.4) is 0 Å². The average molecular weight is 538 g/mol. The zero-order valence-corrected chi connectivity index (χ0v) is 21.6. The van der Waals surface area contributed by atoms with Crippen LogP contribution in [-0.4, -0.2) is 60.2 Å². The Hall–Kier alpha value is -3.27. The van der Waals surface area contributed by atoms with E-state index in [-0.39, 0.29) is 10.9 Å². The molecule has 38 heavy (non-hydrogen) atoms. The Kier molecular flexibility index (Phi) is 7.14. The molecule has 3 heterocycles. The van der Waals surface area contributed by atoms with E-state index in [1.165, 1.54) is 24.9 Å². The summed E-state index contributed by atoms with van der Waals surface area (Å²) in [7, 11) is 0. The summed E-state index contributed by atoms with van der Waals surface area (Å²) in [6.07, 6.45) is 7.21. The minimum absolute atomic E-state index is 0.00522. The number of hydrogen-bond acceptors (Lipinski definition) is 7. The van der Waals surface area contributed by atoms with Crippen molar-refractivity contribution in [2.45, 2.75) is 12.8 Å². The molecule has 6 rings (SSSR count). The van der Waals surface area contributed by atoms with E-state index in [2.05, 4.69) is 25.5 Å². The van der Waals surface area contributed by atoms with Crippen LogP contribution < -0.4 is 15.4 Å². The summed E-state index contributed by atoms with van der Waals surface area (Å²) in [5.41, 5.74) is 1.73. The topological polar surface area (TPSA) is 88.6 Å². The number of anilines is 3. The van der Waals surface area contributed by atoms with Crippen molar-refractivity contribution in [1.82, 2.24) is 14.9 Å². The molecule has 0 spiro atoms. The molecule has 10 heteroatoms. The first-order chi connectivity index (χ1) is 18.5. The molecule has 1 aliphatic carbocycles. The van der Waals surface area contributed by atoms with Crippen molar-refractivity contribution in [3.63, 3.8) is 0 Å². The fraction of sp³-hybridized carbons (Fsp3) is 0.393. The maximum absolute atomic E-state index is 13.6. The highest BCUT2D eigenvalue weighted by Gasteiger charge is 2.44. The van der Waals surface area contributed by atoms with Crippen LogP contribution in [0.15, 0.2) is 48.8 Å². The Morgan fingerprint density at radius 3 is 2.89 bits per heavy atom. The van der Waals surface area contributed by atoms with Gasteiger partial charge >= 0.3 is 0 Å². The number of aromatic nitrogens is 2. The zero-order valence-electron chi connectivity index (χ0n) is 20.8. The summed E-state index contributed by atoms with van der Waals surface area (Å²) in [4.78, 5) is 24.0. The van der Waals surface area contributed by atoms with E-state index in [4.69, 9.17) is 21.1 Å². The molecule has 0 bridgehead atoms. The van der Waals surface area contributed by atoms with E-state index >= 15 is 0 Å². The predicted molar refractivity (Wildman–Crippen MR) is 144 cm³/mol. The smallest absolute Gasteiger partial charge is 0.248 e. The third-order valence-electron chi connectivity index (χ3n) is 7.36. The molecular weight excluding hydrogens is 509 g/mol. The number of carbonyl (C=O) groups is 1. The Balaban J connectivity index is 1.24. The van der Waals surface area contributed by atoms with Crippen molar-refractivity contribution < 1.29 is 18.7 Å². The molecule has 2 aliphatic heterocycles. The molecule has 3 atom stereocenters. The fourth-order valence-electron chi connectivity index (χ4n) is 5.16.